The summed E-state index contributed by atoms with van der Waals surface area (Å²) in [5.74, 6) is 0. The number of hydrogen-bond acceptors (Lipinski definition) is 3. The van der Waals surface area contributed by atoms with Gasteiger partial charge in [-0.2, -0.15) is 0 Å². The molecule has 0 amide bonds. The van der Waals surface area contributed by atoms with E-state index in [-0.39, 0.29) is 0 Å². The van der Waals surface area contributed by atoms with Gasteiger partial charge < -0.3 is 10.1 Å². The highest BCUT2D eigenvalue weighted by molar-refractivity contribution is 4.68. The summed E-state index contributed by atoms with van der Waals surface area (Å²) >= 11 is 0. The molecule has 0 atom stereocenters. The first-order valence-corrected chi connectivity index (χ1v) is 5.55. The van der Waals surface area contributed by atoms with Crippen LogP contribution in [0.1, 0.15) is 27.7 Å². The van der Waals surface area contributed by atoms with Crippen LogP contribution in [0, 0.1) is 0 Å². The molecular formula is C11H26N2O. The van der Waals surface area contributed by atoms with Gasteiger partial charge in [0.15, 0.2) is 0 Å². The average Bonchev–Trinajstić information content (AvgIpc) is 2.09. The van der Waals surface area contributed by atoms with Gasteiger partial charge in [0.05, 0.1) is 6.61 Å². The lowest BCUT2D eigenvalue weighted by atomic mass is 10.2. The Labute approximate surface area is 88.8 Å². The summed E-state index contributed by atoms with van der Waals surface area (Å²) in [7, 11) is 1.73. The molecule has 0 aromatic heterocycles. The Morgan fingerprint density at radius 1 is 1.07 bits per heavy atom. The minimum atomic E-state index is 0.624. The van der Waals surface area contributed by atoms with E-state index in [1.54, 1.807) is 7.11 Å². The first-order valence-electron chi connectivity index (χ1n) is 5.55. The number of nitrogens with zero attached hydrogens (tertiary/aromatic N) is 1. The second kappa shape index (κ2) is 8.21. The third-order valence-corrected chi connectivity index (χ3v) is 2.36. The van der Waals surface area contributed by atoms with Gasteiger partial charge in [0, 0.05) is 38.8 Å². The van der Waals surface area contributed by atoms with Crippen molar-refractivity contribution in [2.45, 2.75) is 39.8 Å². The quantitative estimate of drug-likeness (QED) is 0.601. The lowest BCUT2D eigenvalue weighted by Crippen LogP contribution is -2.41. The van der Waals surface area contributed by atoms with Crippen molar-refractivity contribution in [3.8, 4) is 0 Å². The van der Waals surface area contributed by atoms with Crippen LogP contribution >= 0.6 is 0 Å². The highest BCUT2D eigenvalue weighted by Gasteiger charge is 2.11. The molecule has 0 aliphatic heterocycles. The summed E-state index contributed by atoms with van der Waals surface area (Å²) in [6.07, 6.45) is 0. The number of ether oxygens (including phenoxy) is 1. The van der Waals surface area contributed by atoms with E-state index >= 15 is 0 Å². The molecular weight excluding hydrogens is 176 g/mol. The van der Waals surface area contributed by atoms with Crippen LogP contribution in [0.4, 0.5) is 0 Å². The molecule has 3 heteroatoms. The molecule has 0 aliphatic carbocycles. The molecule has 1 N–H and O–H groups in total. The smallest absolute Gasteiger partial charge is 0.0587 e. The summed E-state index contributed by atoms with van der Waals surface area (Å²) in [6, 6.07) is 1.25. The SMILES string of the molecule is COCCNCCN(C(C)C)C(C)C. The first kappa shape index (κ1) is 13.9. The van der Waals surface area contributed by atoms with E-state index < -0.39 is 0 Å². The number of rotatable bonds is 8. The van der Waals surface area contributed by atoms with Crippen LogP contribution in [0.25, 0.3) is 0 Å². The Hall–Kier alpha value is -0.120. The van der Waals surface area contributed by atoms with Crippen LogP contribution in [-0.4, -0.2) is 50.3 Å². The van der Waals surface area contributed by atoms with Gasteiger partial charge in [0.25, 0.3) is 0 Å². The fourth-order valence-electron chi connectivity index (χ4n) is 1.62. The predicted molar refractivity (Wildman–Crippen MR) is 61.7 cm³/mol. The van der Waals surface area contributed by atoms with E-state index in [9.17, 15) is 0 Å². The summed E-state index contributed by atoms with van der Waals surface area (Å²) in [5, 5.41) is 3.36. The average molecular weight is 202 g/mol. The Morgan fingerprint density at radius 2 is 1.64 bits per heavy atom. The minimum Gasteiger partial charge on any atom is -0.383 e. The zero-order valence-corrected chi connectivity index (χ0v) is 10.3. The van der Waals surface area contributed by atoms with Crippen molar-refractivity contribution in [1.82, 2.24) is 10.2 Å². The lowest BCUT2D eigenvalue weighted by Gasteiger charge is -2.30. The normalized spacial score (nSPS) is 12.0. The maximum Gasteiger partial charge on any atom is 0.0587 e. The Kier molecular flexibility index (Phi) is 8.14. The number of hydrogen-bond donors (Lipinski definition) is 1. The van der Waals surface area contributed by atoms with E-state index in [1.807, 2.05) is 0 Å². The molecule has 0 saturated carbocycles. The minimum absolute atomic E-state index is 0.624. The monoisotopic (exact) mass is 202 g/mol. The van der Waals surface area contributed by atoms with Gasteiger partial charge in [0.2, 0.25) is 0 Å². The van der Waals surface area contributed by atoms with Crippen LogP contribution in [-0.2, 0) is 4.74 Å². The molecule has 0 unspecified atom stereocenters. The zero-order chi connectivity index (χ0) is 11.0. The molecule has 0 radical (unpaired) electrons. The van der Waals surface area contributed by atoms with E-state index in [2.05, 4.69) is 37.9 Å². The molecule has 0 fully saturated rings. The van der Waals surface area contributed by atoms with Gasteiger partial charge in [-0.15, -0.1) is 0 Å². The van der Waals surface area contributed by atoms with Crippen molar-refractivity contribution in [3.63, 3.8) is 0 Å². The summed E-state index contributed by atoms with van der Waals surface area (Å²) in [6.45, 7) is 12.9. The second-order valence-corrected chi connectivity index (χ2v) is 4.17. The van der Waals surface area contributed by atoms with Gasteiger partial charge >= 0.3 is 0 Å². The van der Waals surface area contributed by atoms with Crippen LogP contribution < -0.4 is 5.32 Å². The third kappa shape index (κ3) is 6.35. The summed E-state index contributed by atoms with van der Waals surface area (Å²) in [4.78, 5) is 2.49. The highest BCUT2D eigenvalue weighted by atomic mass is 16.5. The van der Waals surface area contributed by atoms with Crippen molar-refractivity contribution in [2.75, 3.05) is 33.4 Å². The fourth-order valence-corrected chi connectivity index (χ4v) is 1.62. The van der Waals surface area contributed by atoms with Crippen LogP contribution in [0.3, 0.4) is 0 Å². The van der Waals surface area contributed by atoms with Gasteiger partial charge in [-0.1, -0.05) is 0 Å². The first-order chi connectivity index (χ1) is 6.59. The molecule has 0 aromatic rings. The Morgan fingerprint density at radius 3 is 2.07 bits per heavy atom. The zero-order valence-electron chi connectivity index (χ0n) is 10.3. The standard InChI is InChI=1S/C11H26N2O/c1-10(2)13(11(3)4)8-6-12-7-9-14-5/h10-12H,6-9H2,1-5H3. The molecule has 0 aliphatic rings. The van der Waals surface area contributed by atoms with Crippen LogP contribution in [0.5, 0.6) is 0 Å². The van der Waals surface area contributed by atoms with E-state index in [0.717, 1.165) is 26.2 Å². The maximum absolute atomic E-state index is 4.97. The largest absolute Gasteiger partial charge is 0.383 e. The molecule has 0 heterocycles. The number of methoxy groups -OCH3 is 1. The van der Waals surface area contributed by atoms with Crippen LogP contribution in [0.2, 0.25) is 0 Å². The maximum atomic E-state index is 4.97. The summed E-state index contributed by atoms with van der Waals surface area (Å²) in [5.41, 5.74) is 0. The fraction of sp³-hybridized carbons (Fsp3) is 1.00. The molecule has 0 rings (SSSR count). The van der Waals surface area contributed by atoms with Crippen molar-refractivity contribution in [2.24, 2.45) is 0 Å². The third-order valence-electron chi connectivity index (χ3n) is 2.36. The summed E-state index contributed by atoms with van der Waals surface area (Å²) < 4.78 is 4.97. The van der Waals surface area contributed by atoms with E-state index in [0.29, 0.717) is 12.1 Å². The number of nitrogens with one attached hydrogen (secondary N) is 1. The van der Waals surface area contributed by atoms with Crippen molar-refractivity contribution < 1.29 is 4.74 Å². The predicted octanol–water partition coefficient (Wildman–Crippen LogP) is 1.34. The topological polar surface area (TPSA) is 24.5 Å². The second-order valence-electron chi connectivity index (χ2n) is 4.17. The Balaban J connectivity index is 3.52. The Bertz CT molecular complexity index is 118. The van der Waals surface area contributed by atoms with Crippen LogP contribution in [0.15, 0.2) is 0 Å². The molecule has 0 aromatic carbocycles. The van der Waals surface area contributed by atoms with Gasteiger partial charge in [-0.05, 0) is 27.7 Å². The van der Waals surface area contributed by atoms with E-state index in [4.69, 9.17) is 4.74 Å². The van der Waals surface area contributed by atoms with E-state index in [1.165, 1.54) is 0 Å². The molecule has 0 spiro atoms. The van der Waals surface area contributed by atoms with Gasteiger partial charge in [0.1, 0.15) is 0 Å². The molecule has 14 heavy (non-hydrogen) atoms. The molecule has 0 bridgehead atoms. The van der Waals surface area contributed by atoms with Crippen molar-refractivity contribution >= 4 is 0 Å². The van der Waals surface area contributed by atoms with Gasteiger partial charge in [-0.3, -0.25) is 4.90 Å². The van der Waals surface area contributed by atoms with Gasteiger partial charge in [-0.25, -0.2) is 0 Å². The van der Waals surface area contributed by atoms with Crippen molar-refractivity contribution in [1.29, 1.82) is 0 Å². The molecule has 0 saturated heterocycles. The lowest BCUT2D eigenvalue weighted by molar-refractivity contribution is 0.169. The highest BCUT2D eigenvalue weighted by Crippen LogP contribution is 2.02. The molecule has 3 nitrogen and oxygen atoms in total. The molecule has 86 valence electrons. The van der Waals surface area contributed by atoms with Crippen molar-refractivity contribution in [3.05, 3.63) is 0 Å².